The van der Waals surface area contributed by atoms with Gasteiger partial charge in [0.2, 0.25) is 0 Å². The molecule has 0 aliphatic carbocycles. The molecule has 0 aromatic rings. The second-order valence-corrected chi connectivity index (χ2v) is 2.68. The van der Waals surface area contributed by atoms with Crippen molar-refractivity contribution in [3.05, 3.63) is 0 Å². The molecule has 2 N–H and O–H groups in total. The average Bonchev–Trinajstić information content (AvgIpc) is 1.98. The summed E-state index contributed by atoms with van der Waals surface area (Å²) in [4.78, 5) is 21.4. The third-order valence-corrected chi connectivity index (χ3v) is 1.10. The van der Waals surface area contributed by atoms with Crippen LogP contribution in [-0.4, -0.2) is 25.4 Å². The van der Waals surface area contributed by atoms with Crippen LogP contribution in [0.3, 0.4) is 0 Å². The lowest BCUT2D eigenvalue weighted by Gasteiger charge is -2.05. The fourth-order valence-electron chi connectivity index (χ4n) is 0.491. The smallest absolute Gasteiger partial charge is 0.309 e. The summed E-state index contributed by atoms with van der Waals surface area (Å²) in [6.45, 7) is 4.46. The van der Waals surface area contributed by atoms with Gasteiger partial charge in [-0.2, -0.15) is 0 Å². The van der Waals surface area contributed by atoms with E-state index in [1.165, 1.54) is 7.05 Å². The highest BCUT2D eigenvalue weighted by Gasteiger charge is 2.09. The Hall–Kier alpha value is -1.06. The predicted molar refractivity (Wildman–Crippen MR) is 41.9 cm³/mol. The molecule has 0 spiro atoms. The summed E-state index contributed by atoms with van der Waals surface area (Å²) in [5.41, 5.74) is 0. The number of rotatable bonds is 2. The summed E-state index contributed by atoms with van der Waals surface area (Å²) in [6.07, 6.45) is 0. The third kappa shape index (κ3) is 4.36. The minimum atomic E-state index is -0.592. The largest absolute Gasteiger partial charge is 0.351 e. The van der Waals surface area contributed by atoms with Crippen molar-refractivity contribution in [2.75, 3.05) is 13.6 Å². The van der Waals surface area contributed by atoms with Gasteiger partial charge in [0.25, 0.3) is 0 Å². The van der Waals surface area contributed by atoms with Crippen LogP contribution in [0.25, 0.3) is 0 Å². The molecule has 4 heteroatoms. The maximum absolute atomic E-state index is 10.8. The van der Waals surface area contributed by atoms with Crippen molar-refractivity contribution in [1.29, 1.82) is 0 Å². The molecule has 0 aromatic carbocycles. The van der Waals surface area contributed by atoms with Crippen LogP contribution in [0.1, 0.15) is 13.8 Å². The maximum atomic E-state index is 10.8. The zero-order valence-corrected chi connectivity index (χ0v) is 7.10. The predicted octanol–water partition coefficient (Wildman–Crippen LogP) is -0.495. The Morgan fingerprint density at radius 2 is 1.82 bits per heavy atom. The van der Waals surface area contributed by atoms with Gasteiger partial charge in [-0.1, -0.05) is 13.8 Å². The van der Waals surface area contributed by atoms with E-state index in [1.807, 2.05) is 13.8 Å². The standard InChI is InChI=1S/C7H14N2O2/c1-5(2)4-9-7(11)6(10)8-3/h5H,4H2,1-3H3,(H,8,10)(H,9,11). The molecule has 0 rings (SSSR count). The lowest BCUT2D eigenvalue weighted by atomic mass is 10.2. The molecule has 0 saturated heterocycles. The van der Waals surface area contributed by atoms with E-state index in [1.54, 1.807) is 0 Å². The van der Waals surface area contributed by atoms with Gasteiger partial charge in [-0.05, 0) is 5.92 Å². The van der Waals surface area contributed by atoms with E-state index in [0.717, 1.165) is 0 Å². The molecule has 11 heavy (non-hydrogen) atoms. The lowest BCUT2D eigenvalue weighted by Crippen LogP contribution is -2.39. The molecule has 0 fully saturated rings. The number of amides is 2. The van der Waals surface area contributed by atoms with E-state index in [2.05, 4.69) is 10.6 Å². The van der Waals surface area contributed by atoms with Crippen molar-refractivity contribution in [2.24, 2.45) is 5.92 Å². The highest BCUT2D eigenvalue weighted by Crippen LogP contribution is 1.86. The number of nitrogens with one attached hydrogen (secondary N) is 2. The lowest BCUT2D eigenvalue weighted by molar-refractivity contribution is -0.138. The van der Waals surface area contributed by atoms with Crippen LogP contribution in [0.15, 0.2) is 0 Å². The molecule has 0 saturated carbocycles. The zero-order chi connectivity index (χ0) is 8.85. The third-order valence-electron chi connectivity index (χ3n) is 1.10. The van der Waals surface area contributed by atoms with Crippen LogP contribution in [0, 0.1) is 5.92 Å². The van der Waals surface area contributed by atoms with Gasteiger partial charge >= 0.3 is 11.8 Å². The Balaban J connectivity index is 3.61. The van der Waals surface area contributed by atoms with Crippen LogP contribution >= 0.6 is 0 Å². The van der Waals surface area contributed by atoms with Gasteiger partial charge in [0.05, 0.1) is 0 Å². The van der Waals surface area contributed by atoms with Crippen LogP contribution in [0.5, 0.6) is 0 Å². The fraction of sp³-hybridized carbons (Fsp3) is 0.714. The van der Waals surface area contributed by atoms with E-state index in [9.17, 15) is 9.59 Å². The number of hydrogen-bond donors (Lipinski definition) is 2. The summed E-state index contributed by atoms with van der Waals surface area (Å²) in [5.74, 6) is -0.796. The molecule has 0 atom stereocenters. The number of hydrogen-bond acceptors (Lipinski definition) is 2. The quantitative estimate of drug-likeness (QED) is 0.532. The van der Waals surface area contributed by atoms with Gasteiger partial charge in [0.15, 0.2) is 0 Å². The molecular formula is C7H14N2O2. The topological polar surface area (TPSA) is 58.2 Å². The van der Waals surface area contributed by atoms with Crippen molar-refractivity contribution in [3.63, 3.8) is 0 Å². The molecule has 4 nitrogen and oxygen atoms in total. The first kappa shape index (κ1) is 9.94. The van der Waals surface area contributed by atoms with Gasteiger partial charge in [-0.3, -0.25) is 9.59 Å². The Morgan fingerprint density at radius 3 is 2.18 bits per heavy atom. The molecule has 0 heterocycles. The maximum Gasteiger partial charge on any atom is 0.309 e. The first-order chi connectivity index (χ1) is 5.07. The second kappa shape index (κ2) is 4.71. The summed E-state index contributed by atoms with van der Waals surface area (Å²) in [6, 6.07) is 0. The number of likely N-dealkylation sites (N-methyl/N-ethyl adjacent to an activating group) is 1. The molecular weight excluding hydrogens is 144 g/mol. The average molecular weight is 158 g/mol. The Morgan fingerprint density at radius 1 is 1.27 bits per heavy atom. The van der Waals surface area contributed by atoms with Crippen molar-refractivity contribution in [3.8, 4) is 0 Å². The number of carbonyl (C=O) groups excluding carboxylic acids is 2. The molecule has 0 bridgehead atoms. The minimum Gasteiger partial charge on any atom is -0.351 e. The summed E-state index contributed by atoms with van der Waals surface area (Å²) >= 11 is 0. The van der Waals surface area contributed by atoms with Crippen molar-refractivity contribution >= 4 is 11.8 Å². The Bertz CT molecular complexity index is 155. The molecule has 0 aliphatic rings. The number of carbonyl (C=O) groups is 2. The van der Waals surface area contributed by atoms with Crippen LogP contribution in [0.4, 0.5) is 0 Å². The van der Waals surface area contributed by atoms with Crippen LogP contribution in [-0.2, 0) is 9.59 Å². The molecule has 0 aromatic heterocycles. The van der Waals surface area contributed by atoms with E-state index >= 15 is 0 Å². The van der Waals surface area contributed by atoms with Crippen molar-refractivity contribution in [1.82, 2.24) is 10.6 Å². The normalized spacial score (nSPS) is 9.45. The van der Waals surface area contributed by atoms with E-state index in [4.69, 9.17) is 0 Å². The SMILES string of the molecule is CNC(=O)C(=O)NCC(C)C. The summed E-state index contributed by atoms with van der Waals surface area (Å²) < 4.78 is 0. The Kier molecular flexibility index (Phi) is 4.26. The molecule has 64 valence electrons. The van der Waals surface area contributed by atoms with E-state index in [0.29, 0.717) is 12.5 Å². The molecule has 0 aliphatic heterocycles. The molecule has 0 unspecified atom stereocenters. The van der Waals surface area contributed by atoms with Gasteiger partial charge in [-0.25, -0.2) is 0 Å². The van der Waals surface area contributed by atoms with Crippen molar-refractivity contribution < 1.29 is 9.59 Å². The van der Waals surface area contributed by atoms with Crippen molar-refractivity contribution in [2.45, 2.75) is 13.8 Å². The van der Waals surface area contributed by atoms with Gasteiger partial charge in [0.1, 0.15) is 0 Å². The monoisotopic (exact) mass is 158 g/mol. The first-order valence-corrected chi connectivity index (χ1v) is 3.57. The Labute approximate surface area is 66.4 Å². The van der Waals surface area contributed by atoms with Gasteiger partial charge in [0, 0.05) is 13.6 Å². The summed E-state index contributed by atoms with van der Waals surface area (Å²) in [5, 5.41) is 4.72. The zero-order valence-electron chi connectivity index (χ0n) is 7.10. The second-order valence-electron chi connectivity index (χ2n) is 2.68. The van der Waals surface area contributed by atoms with Crippen LogP contribution < -0.4 is 10.6 Å². The first-order valence-electron chi connectivity index (χ1n) is 3.57. The molecule has 0 radical (unpaired) electrons. The highest BCUT2D eigenvalue weighted by molar-refractivity contribution is 6.34. The molecule has 2 amide bonds. The minimum absolute atomic E-state index is 0.364. The van der Waals surface area contributed by atoms with Crippen LogP contribution in [0.2, 0.25) is 0 Å². The van der Waals surface area contributed by atoms with Gasteiger partial charge in [-0.15, -0.1) is 0 Å². The van der Waals surface area contributed by atoms with E-state index in [-0.39, 0.29) is 0 Å². The summed E-state index contributed by atoms with van der Waals surface area (Å²) in [7, 11) is 1.43. The van der Waals surface area contributed by atoms with Gasteiger partial charge < -0.3 is 10.6 Å². The highest BCUT2D eigenvalue weighted by atomic mass is 16.2. The van der Waals surface area contributed by atoms with E-state index < -0.39 is 11.8 Å². The fourth-order valence-corrected chi connectivity index (χ4v) is 0.491.